The van der Waals surface area contributed by atoms with E-state index in [0.717, 1.165) is 10.5 Å². The van der Waals surface area contributed by atoms with E-state index in [1.54, 1.807) is 0 Å². The summed E-state index contributed by atoms with van der Waals surface area (Å²) in [6.45, 7) is 3.50. The number of hydrogen-bond donors (Lipinski definition) is 0. The maximum atomic E-state index is 12.6. The number of imide groups is 1. The molecule has 4 fully saturated rings. The average Bonchev–Trinajstić information content (AvgIpc) is 2.97. The van der Waals surface area contributed by atoms with Gasteiger partial charge in [0.15, 0.2) is 0 Å². The van der Waals surface area contributed by atoms with Gasteiger partial charge in [0.25, 0.3) is 0 Å². The normalized spacial score (nSPS) is 34.4. The molecule has 7 nitrogen and oxygen atoms in total. The molecule has 2 amide bonds. The zero-order valence-corrected chi connectivity index (χ0v) is 14.1. The van der Waals surface area contributed by atoms with Crippen molar-refractivity contribution in [1.29, 1.82) is 0 Å². The average molecular weight is 347 g/mol. The Hall–Kier alpha value is -1.96. The Bertz CT molecular complexity index is 641. The van der Waals surface area contributed by atoms with Crippen LogP contribution in [0.4, 0.5) is 4.79 Å². The van der Waals surface area contributed by atoms with Crippen molar-refractivity contribution in [2.24, 2.45) is 11.8 Å². The van der Waals surface area contributed by atoms with Gasteiger partial charge < -0.3 is 18.9 Å². The molecule has 2 bridgehead atoms. The summed E-state index contributed by atoms with van der Waals surface area (Å²) in [6.07, 6.45) is -0.465. The zero-order chi connectivity index (χ0) is 17.4. The van der Waals surface area contributed by atoms with E-state index >= 15 is 0 Å². The highest BCUT2D eigenvalue weighted by Gasteiger charge is 2.60. The lowest BCUT2D eigenvalue weighted by Gasteiger charge is -2.49. The van der Waals surface area contributed by atoms with Crippen LogP contribution in [0.1, 0.15) is 18.9 Å². The lowest BCUT2D eigenvalue weighted by atomic mass is 9.98. The molecule has 4 heterocycles. The quantitative estimate of drug-likeness (QED) is 0.831. The van der Waals surface area contributed by atoms with Gasteiger partial charge in [0, 0.05) is 12.3 Å². The summed E-state index contributed by atoms with van der Waals surface area (Å²) in [7, 11) is 0. The fourth-order valence-electron chi connectivity index (χ4n) is 3.63. The number of rotatable bonds is 3. The predicted molar refractivity (Wildman–Crippen MR) is 85.1 cm³/mol. The molecule has 0 unspecified atom stereocenters. The third-order valence-corrected chi connectivity index (χ3v) is 4.91. The lowest BCUT2D eigenvalue weighted by Crippen LogP contribution is -2.65. The van der Waals surface area contributed by atoms with Crippen LogP contribution in [0.2, 0.25) is 0 Å². The molecule has 0 aromatic heterocycles. The fourth-order valence-corrected chi connectivity index (χ4v) is 3.63. The van der Waals surface area contributed by atoms with Crippen molar-refractivity contribution < 1.29 is 28.5 Å². The minimum atomic E-state index is -1.37. The summed E-state index contributed by atoms with van der Waals surface area (Å²) < 4.78 is 22.6. The van der Waals surface area contributed by atoms with Gasteiger partial charge in [0.05, 0.1) is 19.8 Å². The number of nitrogens with zero attached hydrogens (tertiary/aromatic N) is 1. The van der Waals surface area contributed by atoms with Gasteiger partial charge in [-0.15, -0.1) is 0 Å². The van der Waals surface area contributed by atoms with Gasteiger partial charge in [-0.25, -0.2) is 9.69 Å². The third-order valence-electron chi connectivity index (χ3n) is 4.91. The number of carbonyl (C=O) groups is 2. The first-order valence-corrected chi connectivity index (χ1v) is 8.54. The van der Waals surface area contributed by atoms with E-state index < -0.39 is 18.1 Å². The van der Waals surface area contributed by atoms with Crippen LogP contribution in [0.25, 0.3) is 0 Å². The topological polar surface area (TPSA) is 74.3 Å². The summed E-state index contributed by atoms with van der Waals surface area (Å²) in [5.74, 6) is -1.61. The molecule has 0 N–H and O–H groups in total. The number of hydrogen-bond acceptors (Lipinski definition) is 6. The van der Waals surface area contributed by atoms with E-state index in [-0.39, 0.29) is 30.8 Å². The number of fused-ring (bicyclic) bond motifs is 3. The number of ether oxygens (including phenoxy) is 4. The van der Waals surface area contributed by atoms with E-state index in [1.807, 2.05) is 37.3 Å². The van der Waals surface area contributed by atoms with Crippen LogP contribution in [0.5, 0.6) is 0 Å². The summed E-state index contributed by atoms with van der Waals surface area (Å²) in [5.41, 5.74) is 0.854. The summed E-state index contributed by atoms with van der Waals surface area (Å²) in [5, 5.41) is 0. The van der Waals surface area contributed by atoms with Crippen LogP contribution in [-0.4, -0.2) is 48.7 Å². The van der Waals surface area contributed by atoms with Crippen molar-refractivity contribution in [3.63, 3.8) is 0 Å². The van der Waals surface area contributed by atoms with E-state index in [4.69, 9.17) is 18.9 Å². The minimum absolute atomic E-state index is 0.0994. The highest BCUT2D eigenvalue weighted by Crippen LogP contribution is 2.42. The second-order valence-electron chi connectivity index (χ2n) is 6.83. The van der Waals surface area contributed by atoms with Crippen LogP contribution in [-0.2, 0) is 30.3 Å². The maximum Gasteiger partial charge on any atom is 0.417 e. The Balaban J connectivity index is 1.51. The molecule has 4 saturated heterocycles. The largest absolute Gasteiger partial charge is 0.444 e. The molecular formula is C18H21NO6. The number of carbonyl (C=O) groups excluding carboxylic acids is 2. The molecule has 7 heteroatoms. The molecule has 0 saturated carbocycles. The van der Waals surface area contributed by atoms with E-state index in [2.05, 4.69) is 0 Å². The number of benzene rings is 1. The summed E-state index contributed by atoms with van der Waals surface area (Å²) in [6, 6.07) is 8.68. The van der Waals surface area contributed by atoms with Crippen molar-refractivity contribution in [2.75, 3.05) is 19.8 Å². The van der Waals surface area contributed by atoms with Gasteiger partial charge in [-0.05, 0) is 11.5 Å². The van der Waals surface area contributed by atoms with Gasteiger partial charge in [0.2, 0.25) is 5.91 Å². The molecule has 134 valence electrons. The second kappa shape index (κ2) is 6.40. The minimum Gasteiger partial charge on any atom is -0.444 e. The first-order valence-electron chi connectivity index (χ1n) is 8.54. The van der Waals surface area contributed by atoms with E-state index in [9.17, 15) is 9.59 Å². The van der Waals surface area contributed by atoms with E-state index in [0.29, 0.717) is 19.8 Å². The number of amides is 2. The standard InChI is InChI=1S/C18H21NO6/c1-12-7-15(20)19(17(21)22-8-13-5-3-2-4-6-13)16(12)18-23-9-14(10-24-18)11-25-18/h2-6,12,14,16H,7-11H2,1H3/t12-,14?,16-,18?/m0/s1. The molecule has 4 aliphatic heterocycles. The molecule has 1 aromatic rings. The zero-order valence-electron chi connectivity index (χ0n) is 14.1. The predicted octanol–water partition coefficient (Wildman–Crippen LogP) is 1.91. The smallest absolute Gasteiger partial charge is 0.417 e. The highest BCUT2D eigenvalue weighted by atomic mass is 16.9. The van der Waals surface area contributed by atoms with E-state index in [1.165, 1.54) is 0 Å². The Kier molecular flexibility index (Phi) is 4.23. The molecule has 25 heavy (non-hydrogen) atoms. The molecule has 5 rings (SSSR count). The Morgan fingerprint density at radius 3 is 2.48 bits per heavy atom. The molecular weight excluding hydrogens is 326 g/mol. The van der Waals surface area contributed by atoms with Crippen molar-refractivity contribution >= 4 is 12.0 Å². The first-order chi connectivity index (χ1) is 12.1. The number of likely N-dealkylation sites (tertiary alicyclic amines) is 1. The second-order valence-corrected chi connectivity index (χ2v) is 6.83. The Morgan fingerprint density at radius 2 is 1.84 bits per heavy atom. The first kappa shape index (κ1) is 16.5. The highest BCUT2D eigenvalue weighted by molar-refractivity contribution is 5.94. The van der Waals surface area contributed by atoms with Crippen LogP contribution >= 0.6 is 0 Å². The fraction of sp³-hybridized carbons (Fsp3) is 0.556. The van der Waals surface area contributed by atoms with Gasteiger partial charge in [-0.1, -0.05) is 37.3 Å². The lowest BCUT2D eigenvalue weighted by molar-refractivity contribution is -0.464. The Labute approximate surface area is 145 Å². The third kappa shape index (κ3) is 2.92. The maximum absolute atomic E-state index is 12.6. The van der Waals surface area contributed by atoms with Crippen molar-refractivity contribution in [3.05, 3.63) is 35.9 Å². The SMILES string of the molecule is C[C@H]1CC(=O)N(C(=O)OCc2ccccc2)[C@@H]1C12OCC(CO1)CO2. The molecule has 1 aromatic carbocycles. The van der Waals surface area contributed by atoms with Gasteiger partial charge in [-0.3, -0.25) is 4.79 Å². The molecule has 0 radical (unpaired) electrons. The Morgan fingerprint density at radius 1 is 1.20 bits per heavy atom. The van der Waals surface area contributed by atoms with Crippen LogP contribution in [0.3, 0.4) is 0 Å². The van der Waals surface area contributed by atoms with Crippen molar-refractivity contribution in [2.45, 2.75) is 32.0 Å². The van der Waals surface area contributed by atoms with Crippen molar-refractivity contribution in [3.8, 4) is 0 Å². The summed E-state index contributed by atoms with van der Waals surface area (Å²) in [4.78, 5) is 26.1. The van der Waals surface area contributed by atoms with Crippen LogP contribution in [0.15, 0.2) is 30.3 Å². The van der Waals surface area contributed by atoms with Crippen LogP contribution < -0.4 is 0 Å². The molecule has 0 spiro atoms. The molecule has 4 aliphatic rings. The van der Waals surface area contributed by atoms with Crippen molar-refractivity contribution in [1.82, 2.24) is 4.90 Å². The summed E-state index contributed by atoms with van der Waals surface area (Å²) >= 11 is 0. The van der Waals surface area contributed by atoms with Gasteiger partial charge in [0.1, 0.15) is 12.6 Å². The van der Waals surface area contributed by atoms with Crippen LogP contribution in [0, 0.1) is 11.8 Å². The monoisotopic (exact) mass is 347 g/mol. The van der Waals surface area contributed by atoms with Gasteiger partial charge in [-0.2, -0.15) is 0 Å². The molecule has 0 aliphatic carbocycles. The van der Waals surface area contributed by atoms with Gasteiger partial charge >= 0.3 is 12.1 Å². The molecule has 2 atom stereocenters.